The molecule has 0 aromatic rings. The molecule has 0 aromatic carbocycles. The molecule has 0 radical (unpaired) electrons. The zero-order chi connectivity index (χ0) is 35.9. The van der Waals surface area contributed by atoms with Gasteiger partial charge in [0.05, 0.1) is 0 Å². The third kappa shape index (κ3) is 36.7. The number of hydrogen-bond donors (Lipinski definition) is 0. The quantitative estimate of drug-likeness (QED) is 0.0282. The van der Waals surface area contributed by atoms with Gasteiger partial charge in [0.15, 0.2) is 6.10 Å². The van der Waals surface area contributed by atoms with Crippen molar-refractivity contribution in [2.75, 3.05) is 13.2 Å². The Morgan fingerprint density at radius 2 is 0.816 bits per heavy atom. The Balaban J connectivity index is 4.40. The zero-order valence-electron chi connectivity index (χ0n) is 32.2. The van der Waals surface area contributed by atoms with Gasteiger partial charge in [0.2, 0.25) is 0 Å². The summed E-state index contributed by atoms with van der Waals surface area (Å²) in [5, 5.41) is 0. The molecule has 0 N–H and O–H groups in total. The van der Waals surface area contributed by atoms with Gasteiger partial charge in [-0.05, 0) is 64.2 Å². The lowest BCUT2D eigenvalue weighted by Crippen LogP contribution is -2.30. The topological polar surface area (TPSA) is 78.9 Å². The monoisotopic (exact) mass is 689 g/mol. The van der Waals surface area contributed by atoms with Gasteiger partial charge in [0, 0.05) is 19.3 Å². The molecule has 6 heteroatoms. The van der Waals surface area contributed by atoms with Crippen molar-refractivity contribution in [2.45, 2.75) is 207 Å². The fourth-order valence-electron chi connectivity index (χ4n) is 5.52. The van der Waals surface area contributed by atoms with Gasteiger partial charge in [0.1, 0.15) is 13.2 Å². The van der Waals surface area contributed by atoms with Crippen molar-refractivity contribution in [2.24, 2.45) is 0 Å². The number of hydrogen-bond acceptors (Lipinski definition) is 6. The maximum Gasteiger partial charge on any atom is 0.306 e. The summed E-state index contributed by atoms with van der Waals surface area (Å²) in [6, 6.07) is 0. The molecule has 0 spiro atoms. The van der Waals surface area contributed by atoms with Crippen LogP contribution in [0.2, 0.25) is 0 Å². The average Bonchev–Trinajstić information content (AvgIpc) is 3.10. The molecule has 6 nitrogen and oxygen atoms in total. The molecule has 1 unspecified atom stereocenters. The molecule has 0 saturated heterocycles. The summed E-state index contributed by atoms with van der Waals surface area (Å²) in [5.74, 6) is -0.943. The van der Waals surface area contributed by atoms with Gasteiger partial charge < -0.3 is 14.2 Å². The van der Waals surface area contributed by atoms with E-state index < -0.39 is 6.10 Å². The van der Waals surface area contributed by atoms with E-state index in [1.807, 2.05) is 0 Å². The van der Waals surface area contributed by atoms with Crippen molar-refractivity contribution in [3.05, 3.63) is 36.5 Å². The van der Waals surface area contributed by atoms with Gasteiger partial charge in [-0.1, -0.05) is 154 Å². The van der Waals surface area contributed by atoms with Crippen molar-refractivity contribution >= 4 is 17.9 Å². The Morgan fingerprint density at radius 3 is 1.35 bits per heavy atom. The van der Waals surface area contributed by atoms with Gasteiger partial charge in [-0.15, -0.1) is 0 Å². The highest BCUT2D eigenvalue weighted by Gasteiger charge is 2.19. The lowest BCUT2D eigenvalue weighted by molar-refractivity contribution is -0.167. The summed E-state index contributed by atoms with van der Waals surface area (Å²) in [7, 11) is 0. The van der Waals surface area contributed by atoms with Gasteiger partial charge in [-0.25, -0.2) is 0 Å². The number of unbranched alkanes of at least 4 members (excludes halogenated alkanes) is 19. The van der Waals surface area contributed by atoms with Crippen LogP contribution in [0.25, 0.3) is 0 Å². The summed E-state index contributed by atoms with van der Waals surface area (Å²) in [5.41, 5.74) is 0. The third-order valence-electron chi connectivity index (χ3n) is 8.63. The van der Waals surface area contributed by atoms with E-state index in [0.717, 1.165) is 89.9 Å². The van der Waals surface area contributed by atoms with Crippen molar-refractivity contribution in [3.63, 3.8) is 0 Å². The molecule has 284 valence electrons. The minimum atomic E-state index is -0.783. The minimum Gasteiger partial charge on any atom is -0.462 e. The Morgan fingerprint density at radius 1 is 0.429 bits per heavy atom. The molecule has 0 aliphatic rings. The number of rotatable bonds is 36. The van der Waals surface area contributed by atoms with Crippen molar-refractivity contribution in [3.8, 4) is 0 Å². The molecule has 0 bridgehead atoms. The summed E-state index contributed by atoms with van der Waals surface area (Å²) < 4.78 is 16.6. The second-order valence-electron chi connectivity index (χ2n) is 13.5. The van der Waals surface area contributed by atoms with Crippen LogP contribution in [0.1, 0.15) is 201 Å². The van der Waals surface area contributed by atoms with Crippen molar-refractivity contribution in [1.29, 1.82) is 0 Å². The predicted molar refractivity (Wildman–Crippen MR) is 206 cm³/mol. The Labute approximate surface area is 302 Å². The van der Waals surface area contributed by atoms with Gasteiger partial charge >= 0.3 is 17.9 Å². The summed E-state index contributed by atoms with van der Waals surface area (Å²) in [4.78, 5) is 37.4. The molecule has 0 saturated carbocycles. The first-order valence-electron chi connectivity index (χ1n) is 20.5. The standard InChI is InChI=1S/C43H76O6/c1-4-7-10-13-16-19-21-22-25-27-30-33-36-42(45)48-39-40(38-47-41(44)35-32-29-26-23-18-15-12-9-6-3)49-43(46)37-34-31-28-24-20-17-14-11-8-5-2/h9,12,14,17-18,23,40H,4-8,10-11,13,15-16,19-22,24-39H2,1-3H3/b12-9-,17-14-,23-18-. The first-order valence-corrected chi connectivity index (χ1v) is 20.5. The molecular formula is C43H76O6. The van der Waals surface area contributed by atoms with E-state index in [2.05, 4.69) is 57.2 Å². The summed E-state index contributed by atoms with van der Waals surface area (Å²) >= 11 is 0. The number of carbonyl (C=O) groups is 3. The normalized spacial score (nSPS) is 12.3. The predicted octanol–water partition coefficient (Wildman–Crippen LogP) is 12.6. The van der Waals surface area contributed by atoms with E-state index >= 15 is 0 Å². The van der Waals surface area contributed by atoms with Crippen LogP contribution in [0.4, 0.5) is 0 Å². The van der Waals surface area contributed by atoms with Crippen LogP contribution in [0.5, 0.6) is 0 Å². The lowest BCUT2D eigenvalue weighted by Gasteiger charge is -2.18. The molecule has 0 aliphatic carbocycles. The molecule has 49 heavy (non-hydrogen) atoms. The van der Waals surface area contributed by atoms with Crippen molar-refractivity contribution in [1.82, 2.24) is 0 Å². The second-order valence-corrected chi connectivity index (χ2v) is 13.5. The van der Waals surface area contributed by atoms with E-state index in [4.69, 9.17) is 14.2 Å². The van der Waals surface area contributed by atoms with Gasteiger partial charge in [0.25, 0.3) is 0 Å². The highest BCUT2D eigenvalue weighted by molar-refractivity contribution is 5.71. The first kappa shape index (κ1) is 46.6. The Kier molecular flexibility index (Phi) is 36.6. The molecule has 0 rings (SSSR count). The van der Waals surface area contributed by atoms with Crippen LogP contribution in [0.3, 0.4) is 0 Å². The summed E-state index contributed by atoms with van der Waals surface area (Å²) in [6.45, 7) is 6.40. The smallest absolute Gasteiger partial charge is 0.306 e. The highest BCUT2D eigenvalue weighted by Crippen LogP contribution is 2.14. The van der Waals surface area contributed by atoms with Gasteiger partial charge in [-0.2, -0.15) is 0 Å². The van der Waals surface area contributed by atoms with E-state index in [1.54, 1.807) is 0 Å². The van der Waals surface area contributed by atoms with Crippen LogP contribution >= 0.6 is 0 Å². The largest absolute Gasteiger partial charge is 0.462 e. The van der Waals surface area contributed by atoms with Gasteiger partial charge in [-0.3, -0.25) is 14.4 Å². The lowest BCUT2D eigenvalue weighted by atomic mass is 10.0. The second kappa shape index (κ2) is 38.4. The fraction of sp³-hybridized carbons (Fsp3) is 0.791. The van der Waals surface area contributed by atoms with E-state index in [9.17, 15) is 14.4 Å². The average molecular weight is 689 g/mol. The Bertz CT molecular complexity index is 845. The number of carbonyl (C=O) groups excluding carboxylic acids is 3. The van der Waals surface area contributed by atoms with Crippen LogP contribution < -0.4 is 0 Å². The zero-order valence-corrected chi connectivity index (χ0v) is 32.2. The highest BCUT2D eigenvalue weighted by atomic mass is 16.6. The number of esters is 3. The molecule has 1 atom stereocenters. The van der Waals surface area contributed by atoms with Crippen molar-refractivity contribution < 1.29 is 28.6 Å². The van der Waals surface area contributed by atoms with Crippen LogP contribution in [0.15, 0.2) is 36.5 Å². The maximum absolute atomic E-state index is 12.6. The van der Waals surface area contributed by atoms with E-state index in [0.29, 0.717) is 19.3 Å². The summed E-state index contributed by atoms with van der Waals surface area (Å²) in [6.07, 6.45) is 41.4. The molecule has 0 aromatic heterocycles. The number of ether oxygens (including phenoxy) is 3. The number of allylic oxidation sites excluding steroid dienone is 6. The molecule has 0 aliphatic heterocycles. The van der Waals surface area contributed by atoms with Crippen LogP contribution in [0, 0.1) is 0 Å². The van der Waals surface area contributed by atoms with Crippen LogP contribution in [-0.4, -0.2) is 37.2 Å². The third-order valence-corrected chi connectivity index (χ3v) is 8.63. The molecule has 0 fully saturated rings. The van der Waals surface area contributed by atoms with E-state index in [-0.39, 0.29) is 31.1 Å². The first-order chi connectivity index (χ1) is 24.0. The van der Waals surface area contributed by atoms with E-state index in [1.165, 1.54) is 70.6 Å². The molecule has 0 amide bonds. The molecular weight excluding hydrogens is 612 g/mol. The SMILES string of the molecule is CC/C=C\C/C=C\CCCCC(=O)OCC(COC(=O)CCCCCCCCCCCCCC)OC(=O)CCCCCC/C=C\CCCC. The maximum atomic E-state index is 12.6. The van der Waals surface area contributed by atoms with Crippen LogP contribution in [-0.2, 0) is 28.6 Å². The molecule has 0 heterocycles. The fourth-order valence-corrected chi connectivity index (χ4v) is 5.52. The minimum absolute atomic E-state index is 0.0856. The Hall–Kier alpha value is -2.37.